The minimum absolute atomic E-state index is 0.00189. The minimum atomic E-state index is -0.605. The molecule has 5 rings (SSSR count). The summed E-state index contributed by atoms with van der Waals surface area (Å²) in [5.41, 5.74) is 2.24. The van der Waals surface area contributed by atoms with Crippen molar-refractivity contribution >= 4 is 11.4 Å². The highest BCUT2D eigenvalue weighted by Gasteiger charge is 2.77. The molecular formula is C24H31NO5. The summed E-state index contributed by atoms with van der Waals surface area (Å²) in [7, 11) is 5.01. The highest BCUT2D eigenvalue weighted by Crippen LogP contribution is 2.74. The second kappa shape index (κ2) is 6.55. The molecule has 2 saturated carbocycles. The van der Waals surface area contributed by atoms with Crippen molar-refractivity contribution in [2.75, 3.05) is 41.0 Å². The number of rotatable bonds is 5. The lowest BCUT2D eigenvalue weighted by Crippen LogP contribution is -2.68. The number of aromatic hydroxyl groups is 1. The Balaban J connectivity index is 1.82. The number of hydrogen-bond donors (Lipinski definition) is 1. The number of methoxy groups -OCH3 is 3. The summed E-state index contributed by atoms with van der Waals surface area (Å²) in [5, 5.41) is 10.5. The molecule has 6 atom stereocenters. The monoisotopic (exact) mass is 413 g/mol. The summed E-state index contributed by atoms with van der Waals surface area (Å²) in [6.45, 7) is 8.69. The van der Waals surface area contributed by atoms with Gasteiger partial charge in [-0.05, 0) is 41.8 Å². The zero-order valence-corrected chi connectivity index (χ0v) is 18.2. The molecule has 30 heavy (non-hydrogen) atoms. The van der Waals surface area contributed by atoms with Crippen LogP contribution in [-0.2, 0) is 14.3 Å². The van der Waals surface area contributed by atoms with Gasteiger partial charge < -0.3 is 19.3 Å². The van der Waals surface area contributed by atoms with Crippen LogP contribution in [0.1, 0.15) is 36.8 Å². The van der Waals surface area contributed by atoms with Gasteiger partial charge in [-0.3, -0.25) is 9.69 Å². The van der Waals surface area contributed by atoms with Crippen molar-refractivity contribution in [3.8, 4) is 11.5 Å². The molecule has 1 N–H and O–H groups in total. The van der Waals surface area contributed by atoms with Crippen LogP contribution in [-0.4, -0.2) is 69.0 Å². The predicted molar refractivity (Wildman–Crippen MR) is 113 cm³/mol. The Hall–Kier alpha value is -1.89. The van der Waals surface area contributed by atoms with Gasteiger partial charge in [0.05, 0.1) is 25.2 Å². The number of carbonyl (C=O) groups is 1. The predicted octanol–water partition coefficient (Wildman–Crippen LogP) is 2.84. The number of ketones is 1. The quantitative estimate of drug-likeness (QED) is 0.801. The highest BCUT2D eigenvalue weighted by molar-refractivity contribution is 5.91. The number of likely N-dealkylation sites (tertiary alicyclic amines) is 1. The Morgan fingerprint density at radius 1 is 1.30 bits per heavy atom. The Bertz CT molecular complexity index is 928. The first-order chi connectivity index (χ1) is 14.4. The van der Waals surface area contributed by atoms with Gasteiger partial charge in [-0.2, -0.15) is 0 Å². The number of carbonyl (C=O) groups excluding carboxylic acids is 1. The van der Waals surface area contributed by atoms with E-state index in [1.807, 2.05) is 6.07 Å². The third-order valence-electron chi connectivity index (χ3n) is 8.58. The largest absolute Gasteiger partial charge is 0.504 e. The molecule has 0 radical (unpaired) electrons. The van der Waals surface area contributed by atoms with Gasteiger partial charge in [-0.25, -0.2) is 0 Å². The number of Topliss-reactive ketones (excluding diaryl/α,β-unsaturated/α-hetero) is 1. The number of benzene rings is 1. The van der Waals surface area contributed by atoms with Crippen LogP contribution in [0.2, 0.25) is 0 Å². The maximum atomic E-state index is 13.5. The molecule has 3 aliphatic carbocycles. The molecule has 5 bridgehead atoms. The second-order valence-corrected chi connectivity index (χ2v) is 9.35. The lowest BCUT2D eigenvalue weighted by molar-refractivity contribution is -0.168. The maximum Gasteiger partial charge on any atom is 0.160 e. The minimum Gasteiger partial charge on any atom is -0.504 e. The number of hydrogen-bond acceptors (Lipinski definition) is 6. The van der Waals surface area contributed by atoms with Crippen LogP contribution < -0.4 is 4.74 Å². The lowest BCUT2D eigenvalue weighted by atomic mass is 9.48. The molecule has 0 unspecified atom stereocenters. The van der Waals surface area contributed by atoms with E-state index in [1.165, 1.54) is 0 Å². The van der Waals surface area contributed by atoms with Crippen molar-refractivity contribution in [2.24, 2.45) is 16.7 Å². The van der Waals surface area contributed by atoms with E-state index in [0.29, 0.717) is 25.3 Å². The SMILES string of the molecule is C=C1c2cc(O)c(OC)cc2[C@H]2[C@H](OC)[C@@H]3[C@]4(COC)CN(CC)[C@H]2[C@]13CCC4=O. The molecule has 1 aromatic carbocycles. The van der Waals surface area contributed by atoms with Crippen LogP contribution in [0, 0.1) is 16.7 Å². The van der Waals surface area contributed by atoms with E-state index in [-0.39, 0.29) is 40.9 Å². The molecular weight excluding hydrogens is 382 g/mol. The van der Waals surface area contributed by atoms with E-state index < -0.39 is 5.41 Å². The average Bonchev–Trinajstić information content (AvgIpc) is 2.92. The number of likely N-dealkylation sites (N-methyl/N-ethyl adjacent to an activating group) is 1. The Kier molecular flexibility index (Phi) is 4.38. The summed E-state index contributed by atoms with van der Waals surface area (Å²) in [5.74, 6) is 0.949. The summed E-state index contributed by atoms with van der Waals surface area (Å²) in [6.07, 6.45) is 1.18. The topological polar surface area (TPSA) is 68.2 Å². The van der Waals surface area contributed by atoms with Gasteiger partial charge in [-0.15, -0.1) is 0 Å². The molecule has 1 aromatic rings. The first-order valence-electron chi connectivity index (χ1n) is 10.8. The van der Waals surface area contributed by atoms with E-state index in [9.17, 15) is 9.90 Å². The van der Waals surface area contributed by atoms with Gasteiger partial charge >= 0.3 is 0 Å². The Morgan fingerprint density at radius 3 is 2.70 bits per heavy atom. The fourth-order valence-electron chi connectivity index (χ4n) is 7.70. The summed E-state index contributed by atoms with van der Waals surface area (Å²) in [4.78, 5) is 16.0. The summed E-state index contributed by atoms with van der Waals surface area (Å²) in [6, 6.07) is 3.95. The molecule has 1 aliphatic heterocycles. The average molecular weight is 414 g/mol. The van der Waals surface area contributed by atoms with E-state index >= 15 is 0 Å². The second-order valence-electron chi connectivity index (χ2n) is 9.35. The molecule has 6 nitrogen and oxygen atoms in total. The highest BCUT2D eigenvalue weighted by atomic mass is 16.5. The van der Waals surface area contributed by atoms with Gasteiger partial charge in [-0.1, -0.05) is 13.5 Å². The zero-order chi connectivity index (χ0) is 21.4. The Morgan fingerprint density at radius 2 is 2.07 bits per heavy atom. The number of nitrogens with zero attached hydrogens (tertiary/aromatic N) is 1. The molecule has 4 aliphatic rings. The van der Waals surface area contributed by atoms with Gasteiger partial charge in [0, 0.05) is 50.5 Å². The van der Waals surface area contributed by atoms with Crippen molar-refractivity contribution in [3.63, 3.8) is 0 Å². The smallest absolute Gasteiger partial charge is 0.160 e. The standard InChI is InChI=1S/C24H31NO5/c1-6-25-11-23(12-28-3)18(27)7-8-24-13(2)14-9-16(26)17(29-4)10-15(14)19(22(24)25)20(30-5)21(23)24/h9-10,19-22,26H,2,6-8,11-12H2,1,3-5H3/t19-,20-,21+,22+,23-,24+/m0/s1. The summed E-state index contributed by atoms with van der Waals surface area (Å²) >= 11 is 0. The van der Waals surface area contributed by atoms with Gasteiger partial charge in [0.15, 0.2) is 11.5 Å². The molecule has 3 fully saturated rings. The molecule has 0 amide bonds. The molecule has 1 heterocycles. The third-order valence-corrected chi connectivity index (χ3v) is 8.58. The van der Waals surface area contributed by atoms with Crippen LogP contribution in [0.25, 0.3) is 5.57 Å². The van der Waals surface area contributed by atoms with E-state index in [1.54, 1.807) is 27.4 Å². The van der Waals surface area contributed by atoms with Crippen molar-refractivity contribution < 1.29 is 24.1 Å². The van der Waals surface area contributed by atoms with Crippen LogP contribution in [0.15, 0.2) is 18.7 Å². The first-order valence-corrected chi connectivity index (χ1v) is 10.8. The number of phenolic OH excluding ortho intramolecular Hbond substituents is 1. The van der Waals surface area contributed by atoms with Gasteiger partial charge in [0.2, 0.25) is 0 Å². The zero-order valence-electron chi connectivity index (χ0n) is 18.2. The van der Waals surface area contributed by atoms with Crippen LogP contribution in [0.4, 0.5) is 0 Å². The number of ether oxygens (including phenoxy) is 3. The van der Waals surface area contributed by atoms with Crippen molar-refractivity contribution in [1.82, 2.24) is 4.90 Å². The Labute approximate surface area is 177 Å². The van der Waals surface area contributed by atoms with Crippen molar-refractivity contribution in [1.29, 1.82) is 0 Å². The van der Waals surface area contributed by atoms with Crippen LogP contribution in [0.3, 0.4) is 0 Å². The van der Waals surface area contributed by atoms with E-state index in [2.05, 4.69) is 18.4 Å². The van der Waals surface area contributed by atoms with Crippen molar-refractivity contribution in [3.05, 3.63) is 29.8 Å². The number of fused-ring (bicyclic) bond motifs is 2. The molecule has 1 spiro atoms. The van der Waals surface area contributed by atoms with E-state index in [0.717, 1.165) is 29.7 Å². The normalized spacial score (nSPS) is 39.2. The maximum absolute atomic E-state index is 13.5. The van der Waals surface area contributed by atoms with Crippen LogP contribution in [0.5, 0.6) is 11.5 Å². The first kappa shape index (κ1) is 20.0. The molecule has 1 saturated heterocycles. The third kappa shape index (κ3) is 2.07. The lowest BCUT2D eigenvalue weighted by Gasteiger charge is -2.62. The molecule has 6 heteroatoms. The fourth-order valence-corrected chi connectivity index (χ4v) is 7.70. The van der Waals surface area contributed by atoms with Gasteiger partial charge in [0.1, 0.15) is 5.78 Å². The molecule has 0 aromatic heterocycles. The fraction of sp³-hybridized carbons (Fsp3) is 0.625. The van der Waals surface area contributed by atoms with Crippen molar-refractivity contribution in [2.45, 2.75) is 37.8 Å². The summed E-state index contributed by atoms with van der Waals surface area (Å²) < 4.78 is 17.3. The van der Waals surface area contributed by atoms with Gasteiger partial charge in [0.25, 0.3) is 0 Å². The number of phenols is 1. The molecule has 162 valence electrons. The van der Waals surface area contributed by atoms with Crippen LogP contribution >= 0.6 is 0 Å². The van der Waals surface area contributed by atoms with E-state index in [4.69, 9.17) is 14.2 Å². The number of piperidine rings is 1.